The quantitative estimate of drug-likeness (QED) is 0.189. The molecule has 0 spiro atoms. The van der Waals surface area contributed by atoms with E-state index in [1.807, 2.05) is 37.3 Å². The second-order valence-corrected chi connectivity index (χ2v) is 7.28. The zero-order valence-electron chi connectivity index (χ0n) is 14.3. The van der Waals surface area contributed by atoms with Crippen molar-refractivity contribution in [2.45, 2.75) is 12.1 Å². The highest BCUT2D eigenvalue weighted by Gasteiger charge is 2.13. The Morgan fingerprint density at radius 2 is 2.04 bits per heavy atom. The van der Waals surface area contributed by atoms with Crippen LogP contribution < -0.4 is 11.3 Å². The summed E-state index contributed by atoms with van der Waals surface area (Å²) in [6, 6.07) is 12.7. The number of pyridine rings is 1. The molecule has 0 bridgehead atoms. The Morgan fingerprint density at radius 1 is 1.26 bits per heavy atom. The van der Waals surface area contributed by atoms with Crippen molar-refractivity contribution in [2.24, 2.45) is 5.10 Å². The normalized spacial score (nSPS) is 11.4. The van der Waals surface area contributed by atoms with Crippen molar-refractivity contribution in [3.8, 4) is 0 Å². The van der Waals surface area contributed by atoms with E-state index in [0.29, 0.717) is 16.4 Å². The first-order chi connectivity index (χ1) is 13.0. The summed E-state index contributed by atoms with van der Waals surface area (Å²) in [5.41, 5.74) is 4.81. The molecule has 138 valence electrons. The summed E-state index contributed by atoms with van der Waals surface area (Å²) < 4.78 is 2.18. The largest absolute Gasteiger partial charge is 0.334 e. The van der Waals surface area contributed by atoms with E-state index in [-0.39, 0.29) is 17.5 Å². The van der Waals surface area contributed by atoms with Crippen LogP contribution in [0.15, 0.2) is 63.4 Å². The van der Waals surface area contributed by atoms with Gasteiger partial charge in [-0.1, -0.05) is 45.9 Å². The van der Waals surface area contributed by atoms with Gasteiger partial charge in [-0.05, 0) is 31.2 Å². The number of hydrazone groups is 1. The summed E-state index contributed by atoms with van der Waals surface area (Å²) in [7, 11) is 0. The number of hydrogen-bond acceptors (Lipinski definition) is 8. The van der Waals surface area contributed by atoms with Crippen molar-refractivity contribution in [1.29, 1.82) is 0 Å². The van der Waals surface area contributed by atoms with Crippen molar-refractivity contribution in [1.82, 2.24) is 19.9 Å². The highest BCUT2D eigenvalue weighted by Crippen LogP contribution is 2.19. The van der Waals surface area contributed by atoms with Gasteiger partial charge in [0, 0.05) is 16.2 Å². The average Bonchev–Trinajstić information content (AvgIpc) is 3.05. The molecule has 3 aromatic rings. The molecular weight excluding hydrogens is 430 g/mol. The Morgan fingerprint density at radius 3 is 2.74 bits per heavy atom. The molecule has 0 unspecified atom stereocenters. The molecular formula is C17H16BrN7OS. The van der Waals surface area contributed by atoms with Gasteiger partial charge in [-0.15, -0.1) is 10.2 Å². The highest BCUT2D eigenvalue weighted by molar-refractivity contribution is 9.10. The SMILES string of the molecule is C/C(=N\Nc1nnc(SCC(=O)c2ccc(Br)cc2)n1N)c1ccccn1. The maximum absolute atomic E-state index is 12.2. The lowest BCUT2D eigenvalue weighted by atomic mass is 10.2. The van der Waals surface area contributed by atoms with Crippen LogP contribution in [0.2, 0.25) is 0 Å². The Balaban J connectivity index is 1.61. The second-order valence-electron chi connectivity index (χ2n) is 5.42. The molecule has 10 heteroatoms. The molecule has 0 saturated heterocycles. The molecule has 0 atom stereocenters. The lowest BCUT2D eigenvalue weighted by Gasteiger charge is -2.04. The van der Waals surface area contributed by atoms with Gasteiger partial charge in [-0.2, -0.15) is 5.10 Å². The maximum atomic E-state index is 12.2. The standard InChI is InChI=1S/C17H16BrN7OS/c1-11(14-4-2-3-9-20-14)21-22-16-23-24-17(25(16)19)27-10-15(26)12-5-7-13(18)8-6-12/h2-9H,10,19H2,1H3,(H,22,23)/b21-11+. The fourth-order valence-corrected chi connectivity index (χ4v) is 3.08. The number of nitrogen functional groups attached to an aromatic ring is 1. The van der Waals surface area contributed by atoms with Gasteiger partial charge in [0.2, 0.25) is 5.16 Å². The van der Waals surface area contributed by atoms with Gasteiger partial charge in [-0.3, -0.25) is 9.78 Å². The number of aromatic nitrogens is 4. The number of thioether (sulfide) groups is 1. The van der Waals surface area contributed by atoms with Crippen LogP contribution in [0.1, 0.15) is 23.0 Å². The lowest BCUT2D eigenvalue weighted by molar-refractivity contribution is 0.102. The minimum atomic E-state index is -0.0194. The van der Waals surface area contributed by atoms with E-state index in [2.05, 4.69) is 41.6 Å². The minimum Gasteiger partial charge on any atom is -0.334 e. The zero-order chi connectivity index (χ0) is 19.2. The number of carbonyl (C=O) groups excluding carboxylic acids is 1. The van der Waals surface area contributed by atoms with Crippen molar-refractivity contribution in [2.75, 3.05) is 17.0 Å². The number of nitrogens with two attached hydrogens (primary N) is 1. The first kappa shape index (κ1) is 19.1. The number of nitrogens with one attached hydrogen (secondary N) is 1. The number of halogens is 1. The highest BCUT2D eigenvalue weighted by atomic mass is 79.9. The van der Waals surface area contributed by atoms with Crippen LogP contribution in [0.3, 0.4) is 0 Å². The van der Waals surface area contributed by atoms with Gasteiger partial charge in [0.25, 0.3) is 5.95 Å². The minimum absolute atomic E-state index is 0.0194. The molecule has 0 amide bonds. The van der Waals surface area contributed by atoms with Crippen LogP contribution >= 0.6 is 27.7 Å². The molecule has 2 aromatic heterocycles. The molecule has 27 heavy (non-hydrogen) atoms. The summed E-state index contributed by atoms with van der Waals surface area (Å²) in [4.78, 5) is 16.5. The summed E-state index contributed by atoms with van der Waals surface area (Å²) in [6.45, 7) is 1.82. The van der Waals surface area contributed by atoms with Crippen LogP contribution in [-0.4, -0.2) is 37.1 Å². The third-order valence-corrected chi connectivity index (χ3v) is 4.99. The van der Waals surface area contributed by atoms with Gasteiger partial charge in [0.15, 0.2) is 5.78 Å². The van der Waals surface area contributed by atoms with E-state index >= 15 is 0 Å². The predicted octanol–water partition coefficient (Wildman–Crippen LogP) is 2.96. The number of nitrogens with zero attached hydrogens (tertiary/aromatic N) is 5. The number of ketones is 1. The molecule has 0 radical (unpaired) electrons. The zero-order valence-corrected chi connectivity index (χ0v) is 16.7. The number of rotatable bonds is 7. The fraction of sp³-hybridized carbons (Fsp3) is 0.118. The van der Waals surface area contributed by atoms with Crippen LogP contribution in [0.4, 0.5) is 5.95 Å². The first-order valence-electron chi connectivity index (χ1n) is 7.88. The van der Waals surface area contributed by atoms with E-state index in [0.717, 1.165) is 10.2 Å². The third kappa shape index (κ3) is 4.92. The number of hydrogen-bond donors (Lipinski definition) is 2. The van der Waals surface area contributed by atoms with E-state index < -0.39 is 0 Å². The molecule has 0 aliphatic heterocycles. The molecule has 1 aromatic carbocycles. The molecule has 0 fully saturated rings. The molecule has 0 aliphatic carbocycles. The van der Waals surface area contributed by atoms with E-state index in [1.165, 1.54) is 16.4 Å². The molecule has 0 aliphatic rings. The van der Waals surface area contributed by atoms with Crippen LogP contribution in [0.5, 0.6) is 0 Å². The first-order valence-corrected chi connectivity index (χ1v) is 9.66. The molecule has 2 heterocycles. The summed E-state index contributed by atoms with van der Waals surface area (Å²) >= 11 is 4.55. The summed E-state index contributed by atoms with van der Waals surface area (Å²) in [5, 5.41) is 12.6. The van der Waals surface area contributed by atoms with Gasteiger partial charge in [-0.25, -0.2) is 10.1 Å². The Kier molecular flexibility index (Phi) is 6.20. The number of anilines is 1. The Bertz CT molecular complexity index is 957. The second kappa shape index (κ2) is 8.78. The molecule has 8 nitrogen and oxygen atoms in total. The van der Waals surface area contributed by atoms with E-state index in [4.69, 9.17) is 5.84 Å². The number of Topliss-reactive ketones (excluding diaryl/α,β-unsaturated/α-hetero) is 1. The van der Waals surface area contributed by atoms with Crippen molar-refractivity contribution >= 4 is 45.1 Å². The summed E-state index contributed by atoms with van der Waals surface area (Å²) in [5.74, 6) is 6.43. The molecule has 3 N–H and O–H groups in total. The fourth-order valence-electron chi connectivity index (χ4n) is 2.07. The van der Waals surface area contributed by atoms with Crippen LogP contribution in [0.25, 0.3) is 0 Å². The van der Waals surface area contributed by atoms with Gasteiger partial charge < -0.3 is 5.84 Å². The lowest BCUT2D eigenvalue weighted by Crippen LogP contribution is -2.14. The smallest absolute Gasteiger partial charge is 0.264 e. The predicted molar refractivity (Wildman–Crippen MR) is 109 cm³/mol. The Labute approximate surface area is 168 Å². The van der Waals surface area contributed by atoms with Crippen LogP contribution in [-0.2, 0) is 0 Å². The topological polar surface area (TPSA) is 111 Å². The van der Waals surface area contributed by atoms with E-state index in [9.17, 15) is 4.79 Å². The monoisotopic (exact) mass is 445 g/mol. The Hall–Kier alpha value is -2.72. The van der Waals surface area contributed by atoms with Crippen molar-refractivity contribution in [3.63, 3.8) is 0 Å². The van der Waals surface area contributed by atoms with Crippen molar-refractivity contribution < 1.29 is 4.79 Å². The summed E-state index contributed by atoms with van der Waals surface area (Å²) in [6.07, 6.45) is 1.69. The number of benzene rings is 1. The van der Waals surface area contributed by atoms with E-state index in [1.54, 1.807) is 18.3 Å². The average molecular weight is 446 g/mol. The third-order valence-electron chi connectivity index (χ3n) is 3.52. The van der Waals surface area contributed by atoms with Gasteiger partial charge in [0.1, 0.15) is 0 Å². The van der Waals surface area contributed by atoms with Gasteiger partial charge in [0.05, 0.1) is 17.2 Å². The maximum Gasteiger partial charge on any atom is 0.264 e. The molecule has 3 rings (SSSR count). The van der Waals surface area contributed by atoms with Gasteiger partial charge >= 0.3 is 0 Å². The van der Waals surface area contributed by atoms with Crippen molar-refractivity contribution in [3.05, 3.63) is 64.4 Å². The number of carbonyl (C=O) groups is 1. The molecule has 0 saturated carbocycles. The van der Waals surface area contributed by atoms with Crippen LogP contribution in [0, 0.1) is 0 Å².